The lowest BCUT2D eigenvalue weighted by atomic mass is 10.1. The second-order valence-corrected chi connectivity index (χ2v) is 4.52. The van der Waals surface area contributed by atoms with Crippen molar-refractivity contribution in [2.45, 2.75) is 13.8 Å². The summed E-state index contributed by atoms with van der Waals surface area (Å²) in [5, 5.41) is 13.2. The number of aryl methyl sites for hydroxylation is 2. The third-order valence-electron chi connectivity index (χ3n) is 2.66. The summed E-state index contributed by atoms with van der Waals surface area (Å²) < 4.78 is 0. The van der Waals surface area contributed by atoms with E-state index in [1.54, 1.807) is 13.8 Å². The van der Waals surface area contributed by atoms with Gasteiger partial charge in [0.15, 0.2) is 0 Å². The normalized spacial score (nSPS) is 10.2. The number of nitrogens with zero attached hydrogens (tertiary/aromatic N) is 2. The lowest BCUT2D eigenvalue weighted by Gasteiger charge is -2.05. The zero-order valence-corrected chi connectivity index (χ0v) is 11.3. The van der Waals surface area contributed by atoms with Crippen LogP contribution in [0.1, 0.15) is 21.6 Å². The standard InChI is InChI=1S/C13H12N4O4/c1-7-3-9(6-10(4-7)17(20)21)12(18)15-11-5-8(2)14-13(19)16-11/h3-6H,1-2H3,(H2,14,15,16,18,19). The van der Waals surface area contributed by atoms with Gasteiger partial charge in [0.25, 0.3) is 11.6 Å². The molecule has 0 radical (unpaired) electrons. The van der Waals surface area contributed by atoms with Crippen LogP contribution in [0.4, 0.5) is 11.5 Å². The van der Waals surface area contributed by atoms with Crippen LogP contribution in [0.3, 0.4) is 0 Å². The van der Waals surface area contributed by atoms with E-state index in [1.807, 2.05) is 0 Å². The summed E-state index contributed by atoms with van der Waals surface area (Å²) in [4.78, 5) is 39.6. The maximum Gasteiger partial charge on any atom is 0.347 e. The number of aromatic nitrogens is 2. The van der Waals surface area contributed by atoms with Crippen LogP contribution in [-0.4, -0.2) is 20.8 Å². The molecule has 8 nitrogen and oxygen atoms in total. The molecule has 8 heteroatoms. The number of anilines is 1. The van der Waals surface area contributed by atoms with Crippen LogP contribution in [0.2, 0.25) is 0 Å². The first kappa shape index (κ1) is 14.4. The number of carbonyl (C=O) groups is 1. The molecule has 21 heavy (non-hydrogen) atoms. The molecule has 0 fully saturated rings. The highest BCUT2D eigenvalue weighted by molar-refractivity contribution is 6.04. The Morgan fingerprint density at radius 1 is 1.29 bits per heavy atom. The second kappa shape index (κ2) is 5.53. The van der Waals surface area contributed by atoms with E-state index in [-0.39, 0.29) is 17.1 Å². The fraction of sp³-hybridized carbons (Fsp3) is 0.154. The van der Waals surface area contributed by atoms with Crippen LogP contribution in [0.15, 0.2) is 29.1 Å². The van der Waals surface area contributed by atoms with Gasteiger partial charge in [-0.2, -0.15) is 4.98 Å². The molecule has 0 bridgehead atoms. The van der Waals surface area contributed by atoms with E-state index < -0.39 is 16.5 Å². The van der Waals surface area contributed by atoms with Crippen LogP contribution >= 0.6 is 0 Å². The highest BCUT2D eigenvalue weighted by Gasteiger charge is 2.14. The predicted octanol–water partition coefficient (Wildman–Crippen LogP) is 1.55. The van der Waals surface area contributed by atoms with Gasteiger partial charge in [0.1, 0.15) is 5.82 Å². The summed E-state index contributed by atoms with van der Waals surface area (Å²) in [6, 6.07) is 5.54. The Kier molecular flexibility index (Phi) is 3.79. The molecule has 0 unspecified atom stereocenters. The summed E-state index contributed by atoms with van der Waals surface area (Å²) in [5.74, 6) is -0.482. The first-order valence-corrected chi connectivity index (χ1v) is 6.00. The molecule has 0 spiro atoms. The Balaban J connectivity index is 2.32. The molecule has 108 valence electrons. The molecule has 0 atom stereocenters. The van der Waals surface area contributed by atoms with Crippen molar-refractivity contribution in [2.75, 3.05) is 5.32 Å². The number of benzene rings is 1. The number of hydrogen-bond acceptors (Lipinski definition) is 5. The minimum absolute atomic E-state index is 0.0883. The van der Waals surface area contributed by atoms with E-state index >= 15 is 0 Å². The molecule has 0 saturated carbocycles. The number of hydrogen-bond donors (Lipinski definition) is 2. The number of nitro benzene ring substituents is 1. The summed E-state index contributed by atoms with van der Waals surface area (Å²) in [6.45, 7) is 3.30. The molecule has 2 N–H and O–H groups in total. The number of carbonyl (C=O) groups excluding carboxylic acids is 1. The van der Waals surface area contributed by atoms with Crippen molar-refractivity contribution in [3.8, 4) is 0 Å². The first-order valence-electron chi connectivity index (χ1n) is 6.00. The number of aromatic amines is 1. The van der Waals surface area contributed by atoms with Crippen LogP contribution in [0, 0.1) is 24.0 Å². The molecule has 1 amide bonds. The highest BCUT2D eigenvalue weighted by atomic mass is 16.6. The zero-order chi connectivity index (χ0) is 15.6. The molecule has 2 rings (SSSR count). The van der Waals surface area contributed by atoms with Gasteiger partial charge in [-0.05, 0) is 25.5 Å². The van der Waals surface area contributed by atoms with Crippen molar-refractivity contribution in [1.29, 1.82) is 0 Å². The molecular weight excluding hydrogens is 276 g/mol. The molecule has 1 heterocycles. The van der Waals surface area contributed by atoms with Gasteiger partial charge in [-0.1, -0.05) is 0 Å². The largest absolute Gasteiger partial charge is 0.347 e. The fourth-order valence-electron chi connectivity index (χ4n) is 1.83. The van der Waals surface area contributed by atoms with Crippen molar-refractivity contribution in [3.63, 3.8) is 0 Å². The number of nitro groups is 1. The van der Waals surface area contributed by atoms with Gasteiger partial charge in [0.05, 0.1) is 4.92 Å². The van der Waals surface area contributed by atoms with Crippen molar-refractivity contribution >= 4 is 17.4 Å². The van der Waals surface area contributed by atoms with E-state index in [0.717, 1.165) is 0 Å². The van der Waals surface area contributed by atoms with Gasteiger partial charge in [-0.3, -0.25) is 14.9 Å². The number of rotatable bonds is 3. The highest BCUT2D eigenvalue weighted by Crippen LogP contribution is 2.17. The third kappa shape index (κ3) is 3.50. The molecule has 0 aliphatic heterocycles. The van der Waals surface area contributed by atoms with Crippen molar-refractivity contribution in [2.24, 2.45) is 0 Å². The van der Waals surface area contributed by atoms with Crippen LogP contribution in [0.25, 0.3) is 0 Å². The molecule has 0 aliphatic rings. The van der Waals surface area contributed by atoms with Gasteiger partial charge in [-0.25, -0.2) is 4.79 Å². The molecular formula is C13H12N4O4. The Morgan fingerprint density at radius 3 is 2.62 bits per heavy atom. The third-order valence-corrected chi connectivity index (χ3v) is 2.66. The summed E-state index contributed by atoms with van der Waals surface area (Å²) in [6.07, 6.45) is 0. The average molecular weight is 288 g/mol. The summed E-state index contributed by atoms with van der Waals surface area (Å²) in [5.41, 5.74) is 0.502. The molecule has 2 aromatic rings. The summed E-state index contributed by atoms with van der Waals surface area (Å²) >= 11 is 0. The molecule has 1 aromatic carbocycles. The van der Waals surface area contributed by atoms with E-state index in [9.17, 15) is 19.7 Å². The number of H-pyrrole nitrogens is 1. The van der Waals surface area contributed by atoms with Gasteiger partial charge in [-0.15, -0.1) is 0 Å². The van der Waals surface area contributed by atoms with Crippen LogP contribution in [0.5, 0.6) is 0 Å². The summed E-state index contributed by atoms with van der Waals surface area (Å²) in [7, 11) is 0. The van der Waals surface area contributed by atoms with Crippen molar-refractivity contribution < 1.29 is 9.72 Å². The molecule has 0 aliphatic carbocycles. The lowest BCUT2D eigenvalue weighted by Crippen LogP contribution is -2.19. The molecule has 1 aromatic heterocycles. The topological polar surface area (TPSA) is 118 Å². The van der Waals surface area contributed by atoms with Crippen LogP contribution in [-0.2, 0) is 0 Å². The van der Waals surface area contributed by atoms with Crippen molar-refractivity contribution in [1.82, 2.24) is 9.97 Å². The smallest absolute Gasteiger partial charge is 0.310 e. The maximum absolute atomic E-state index is 12.1. The van der Waals surface area contributed by atoms with Gasteiger partial charge in [0, 0.05) is 29.5 Å². The minimum atomic E-state index is -0.583. The Morgan fingerprint density at radius 2 is 2.00 bits per heavy atom. The average Bonchev–Trinajstić information content (AvgIpc) is 2.36. The number of non-ortho nitro benzene ring substituents is 1. The number of amides is 1. The lowest BCUT2D eigenvalue weighted by molar-refractivity contribution is -0.384. The SMILES string of the molecule is Cc1cc(C(=O)Nc2cc(C)[nH]c(=O)n2)cc([N+](=O)[O-])c1. The monoisotopic (exact) mass is 288 g/mol. The second-order valence-electron chi connectivity index (χ2n) is 4.52. The van der Waals surface area contributed by atoms with E-state index in [1.165, 1.54) is 24.3 Å². The number of nitrogens with one attached hydrogen (secondary N) is 2. The maximum atomic E-state index is 12.1. The van der Waals surface area contributed by atoms with Gasteiger partial charge >= 0.3 is 5.69 Å². The van der Waals surface area contributed by atoms with E-state index in [4.69, 9.17) is 0 Å². The predicted molar refractivity (Wildman–Crippen MR) is 75.4 cm³/mol. The van der Waals surface area contributed by atoms with Gasteiger partial charge < -0.3 is 10.3 Å². The van der Waals surface area contributed by atoms with Crippen LogP contribution < -0.4 is 11.0 Å². The van der Waals surface area contributed by atoms with E-state index in [0.29, 0.717) is 11.3 Å². The Labute approximate surface area is 119 Å². The minimum Gasteiger partial charge on any atom is -0.310 e. The van der Waals surface area contributed by atoms with Crippen molar-refractivity contribution in [3.05, 3.63) is 61.7 Å². The molecule has 0 saturated heterocycles. The quantitative estimate of drug-likeness (QED) is 0.656. The van der Waals surface area contributed by atoms with E-state index in [2.05, 4.69) is 15.3 Å². The van der Waals surface area contributed by atoms with Gasteiger partial charge in [0.2, 0.25) is 0 Å². The Hall–Kier alpha value is -3.03. The fourth-order valence-corrected chi connectivity index (χ4v) is 1.83. The zero-order valence-electron chi connectivity index (χ0n) is 11.3. The Bertz CT molecular complexity index is 782. The first-order chi connectivity index (χ1) is 9.85.